The Morgan fingerprint density at radius 2 is 1.51 bits per heavy atom. The second-order valence-corrected chi connectivity index (χ2v) is 10.00. The van der Waals surface area contributed by atoms with E-state index in [0.29, 0.717) is 17.7 Å². The minimum atomic E-state index is -0.599. The van der Waals surface area contributed by atoms with Crippen LogP contribution in [0.4, 0.5) is 5.69 Å². The summed E-state index contributed by atoms with van der Waals surface area (Å²) in [7, 11) is 0.757. The fraction of sp³-hybridized carbons (Fsp3) is 0.0645. The zero-order valence-electron chi connectivity index (χ0n) is 20.4. The van der Waals surface area contributed by atoms with E-state index in [1.54, 1.807) is 23.1 Å². The van der Waals surface area contributed by atoms with Gasteiger partial charge in [0.05, 0.1) is 30.5 Å². The Morgan fingerprint density at radius 3 is 2.22 bits per heavy atom. The number of carbonyl (C=O) groups excluding carboxylic acids is 2. The van der Waals surface area contributed by atoms with Crippen LogP contribution in [-0.4, -0.2) is 24.9 Å². The first kappa shape index (κ1) is 24.4. The molecule has 1 aliphatic rings. The highest BCUT2D eigenvalue weighted by atomic mass is 32.2. The first-order chi connectivity index (χ1) is 18.0. The van der Waals surface area contributed by atoms with Gasteiger partial charge in [-0.25, -0.2) is 4.79 Å². The second-order valence-electron chi connectivity index (χ2n) is 8.67. The summed E-state index contributed by atoms with van der Waals surface area (Å²) < 4.78 is 4.87. The number of nitrogens with zero attached hydrogens (tertiary/aromatic N) is 1. The predicted molar refractivity (Wildman–Crippen MR) is 151 cm³/mol. The van der Waals surface area contributed by atoms with Gasteiger partial charge in [0.1, 0.15) is 0 Å². The molecule has 6 heteroatoms. The van der Waals surface area contributed by atoms with E-state index in [2.05, 4.69) is 5.87 Å². The number of fused-ring (bicyclic) bond motifs is 1. The molecular formula is C31H26N2O3S. The summed E-state index contributed by atoms with van der Waals surface area (Å²) in [6.45, 7) is 0.322. The Morgan fingerprint density at radius 1 is 0.865 bits per heavy atom. The quantitative estimate of drug-likeness (QED) is 0.200. The van der Waals surface area contributed by atoms with Crippen molar-refractivity contribution in [3.8, 4) is 0 Å². The van der Waals surface area contributed by atoms with Crippen molar-refractivity contribution >= 4 is 45.3 Å². The third-order valence-corrected chi connectivity index (χ3v) is 7.25. The lowest BCUT2D eigenvalue weighted by Gasteiger charge is -2.18. The highest BCUT2D eigenvalue weighted by molar-refractivity contribution is 8.12. The zero-order valence-corrected chi connectivity index (χ0v) is 21.2. The molecule has 0 aliphatic carbocycles. The number of benzene rings is 4. The maximum absolute atomic E-state index is 14.2. The summed E-state index contributed by atoms with van der Waals surface area (Å²) >= 11 is 0. The number of carbonyl (C=O) groups is 2. The molecule has 0 fully saturated rings. The molecule has 1 heterocycles. The second kappa shape index (κ2) is 10.4. The Balaban J connectivity index is 1.66. The maximum Gasteiger partial charge on any atom is 0.337 e. The molecular weight excluding hydrogens is 480 g/mol. The average molecular weight is 507 g/mol. The van der Waals surface area contributed by atoms with Crippen molar-refractivity contribution in [2.75, 3.05) is 12.0 Å². The normalized spacial score (nSPS) is 14.8. The molecule has 2 N–H and O–H groups in total. The van der Waals surface area contributed by atoms with E-state index in [-0.39, 0.29) is 5.91 Å². The van der Waals surface area contributed by atoms with Gasteiger partial charge in [-0.05, 0) is 47.0 Å². The van der Waals surface area contributed by atoms with Crippen LogP contribution >= 0.6 is 10.7 Å². The lowest BCUT2D eigenvalue weighted by molar-refractivity contribution is -0.113. The van der Waals surface area contributed by atoms with Crippen LogP contribution < -0.4 is 10.0 Å². The third-order valence-electron chi connectivity index (χ3n) is 6.37. The van der Waals surface area contributed by atoms with Crippen molar-refractivity contribution in [3.63, 3.8) is 0 Å². The summed E-state index contributed by atoms with van der Waals surface area (Å²) in [5, 5.41) is 6.00. The highest BCUT2D eigenvalue weighted by Gasteiger charge is 2.35. The Hall–Kier alpha value is -4.26. The molecule has 0 radical (unpaired) electrons. The van der Waals surface area contributed by atoms with E-state index in [1.165, 1.54) is 7.11 Å². The van der Waals surface area contributed by atoms with Crippen molar-refractivity contribution in [3.05, 3.63) is 131 Å². The van der Waals surface area contributed by atoms with Gasteiger partial charge in [-0.3, -0.25) is 9.93 Å². The van der Waals surface area contributed by atoms with E-state index in [4.69, 9.17) is 9.88 Å². The summed E-state index contributed by atoms with van der Waals surface area (Å²) in [4.78, 5) is 28.9. The molecule has 0 aromatic heterocycles. The number of esters is 1. The monoisotopic (exact) mass is 506 g/mol. The fourth-order valence-electron chi connectivity index (χ4n) is 4.63. The number of methoxy groups -OCH3 is 1. The molecule has 1 amide bonds. The molecule has 4 aromatic rings. The number of para-hydroxylation sites is 1. The summed E-state index contributed by atoms with van der Waals surface area (Å²) in [6.07, 6.45) is 0. The number of rotatable bonds is 6. The number of hydrogen-bond donors (Lipinski definition) is 1. The lowest BCUT2D eigenvalue weighted by Crippen LogP contribution is -2.26. The minimum absolute atomic E-state index is 0.0941. The van der Waals surface area contributed by atoms with Crippen molar-refractivity contribution in [2.24, 2.45) is 5.14 Å². The molecule has 0 bridgehead atoms. The molecule has 0 saturated carbocycles. The van der Waals surface area contributed by atoms with Crippen LogP contribution in [0.2, 0.25) is 0 Å². The molecule has 1 aliphatic heterocycles. The Kier molecular flexibility index (Phi) is 6.86. The number of nitrogens with two attached hydrogens (primary N) is 1. The third kappa shape index (κ3) is 4.77. The Labute approximate surface area is 218 Å². The van der Waals surface area contributed by atoms with Crippen LogP contribution in [0.15, 0.2) is 108 Å². The van der Waals surface area contributed by atoms with Crippen molar-refractivity contribution in [1.82, 2.24) is 0 Å². The summed E-state index contributed by atoms with van der Waals surface area (Å²) in [5.74, 6) is 3.43. The number of ether oxygens (including phenoxy) is 1. The Bertz CT molecular complexity index is 1540. The first-order valence-electron chi connectivity index (χ1n) is 11.7. The maximum atomic E-state index is 14.2. The fourth-order valence-corrected chi connectivity index (χ4v) is 5.12. The molecule has 4 aromatic carbocycles. The predicted octanol–water partition coefficient (Wildman–Crippen LogP) is 5.91. The molecule has 0 spiro atoms. The van der Waals surface area contributed by atoms with Gasteiger partial charge in [0.2, 0.25) is 0 Å². The first-order valence-corrected chi connectivity index (χ1v) is 13.2. The standard InChI is InChI=1S/C31H26N2O3S/c1-36-31(35)24-12-8-9-21(19-24)20-33-27-14-7-6-13-26(27)29(30(33)34)28(22-10-4-3-5-11-22)23-15-17-25(18-16-23)37(2)32/h3-19H,2,20,32H2,1H3/b29-28+. The highest BCUT2D eigenvalue weighted by Crippen LogP contribution is 2.43. The van der Waals surface area contributed by atoms with Crippen molar-refractivity contribution in [1.29, 1.82) is 0 Å². The van der Waals surface area contributed by atoms with E-state index < -0.39 is 16.6 Å². The minimum Gasteiger partial charge on any atom is -0.465 e. The lowest BCUT2D eigenvalue weighted by atomic mass is 9.90. The number of hydrogen-bond acceptors (Lipinski definition) is 4. The van der Waals surface area contributed by atoms with Gasteiger partial charge >= 0.3 is 5.97 Å². The van der Waals surface area contributed by atoms with Gasteiger partial charge in [-0.1, -0.05) is 89.3 Å². The largest absolute Gasteiger partial charge is 0.465 e. The number of anilines is 1. The van der Waals surface area contributed by atoms with Gasteiger partial charge in [0.25, 0.3) is 5.91 Å². The van der Waals surface area contributed by atoms with Gasteiger partial charge < -0.3 is 9.64 Å². The van der Waals surface area contributed by atoms with Crippen LogP contribution in [0.5, 0.6) is 0 Å². The van der Waals surface area contributed by atoms with Crippen LogP contribution in [0, 0.1) is 0 Å². The van der Waals surface area contributed by atoms with Gasteiger partial charge in [0, 0.05) is 16.0 Å². The van der Waals surface area contributed by atoms with Gasteiger partial charge in [0.15, 0.2) is 0 Å². The molecule has 1 atom stereocenters. The molecule has 184 valence electrons. The van der Waals surface area contributed by atoms with E-state index in [9.17, 15) is 9.59 Å². The zero-order chi connectivity index (χ0) is 25.9. The van der Waals surface area contributed by atoms with Crippen LogP contribution in [-0.2, 0) is 16.1 Å². The number of amides is 1. The molecule has 5 rings (SSSR count). The average Bonchev–Trinajstić information content (AvgIpc) is 3.20. The van der Waals surface area contributed by atoms with E-state index in [0.717, 1.165) is 38.4 Å². The van der Waals surface area contributed by atoms with Crippen LogP contribution in [0.1, 0.15) is 32.6 Å². The molecule has 1 unspecified atom stereocenters. The smallest absolute Gasteiger partial charge is 0.337 e. The van der Waals surface area contributed by atoms with Crippen molar-refractivity contribution < 1.29 is 14.3 Å². The molecule has 0 saturated heterocycles. The SMILES string of the molecule is C=S(N)c1ccc(/C(=C2/C(=O)N(Cc3cccc(C(=O)OC)c3)c3ccccc32)c2ccccc2)cc1. The topological polar surface area (TPSA) is 72.6 Å². The summed E-state index contributed by atoms with van der Waals surface area (Å²) in [5.41, 5.74) is 6.36. The van der Waals surface area contributed by atoms with E-state index in [1.807, 2.05) is 84.9 Å². The van der Waals surface area contributed by atoms with Gasteiger partial charge in [-0.2, -0.15) is 0 Å². The molecule has 5 nitrogen and oxygen atoms in total. The summed E-state index contributed by atoms with van der Waals surface area (Å²) in [6, 6.07) is 32.9. The molecule has 37 heavy (non-hydrogen) atoms. The van der Waals surface area contributed by atoms with Gasteiger partial charge in [-0.15, -0.1) is 0 Å². The van der Waals surface area contributed by atoms with Crippen LogP contribution in [0.25, 0.3) is 11.1 Å². The van der Waals surface area contributed by atoms with Crippen LogP contribution in [0.3, 0.4) is 0 Å². The van der Waals surface area contributed by atoms with Crippen molar-refractivity contribution in [2.45, 2.75) is 11.4 Å². The van der Waals surface area contributed by atoms with E-state index >= 15 is 0 Å².